The SMILES string of the molecule is COC[C@]1(CCC2(C)OC2(C)C)[C@@H]2O[C@@H]2c2cc(C(=O)OC)ccc2N1C=O. The number of rotatable bonds is 7. The lowest BCUT2D eigenvalue weighted by atomic mass is 9.78. The van der Waals surface area contributed by atoms with E-state index >= 15 is 0 Å². The van der Waals surface area contributed by atoms with Crippen LogP contribution in [0.2, 0.25) is 0 Å². The molecule has 1 aromatic carbocycles. The Bertz CT molecular complexity index is 823. The molecule has 28 heavy (non-hydrogen) atoms. The van der Waals surface area contributed by atoms with Crippen LogP contribution in [0.1, 0.15) is 55.6 Å². The molecule has 4 atom stereocenters. The number of benzene rings is 1. The van der Waals surface area contributed by atoms with E-state index in [-0.39, 0.29) is 23.4 Å². The standard InChI is InChI=1S/C21H27NO6/c1-19(2)20(3,28-19)8-9-21(11-25-4)17-16(27-17)14-10-13(18(24)26-5)6-7-15(14)22(21)12-23/h6-7,10,12,16-17H,8-9,11H2,1-5H3/t16-,17-,20?,21-/m1/s1. The number of anilines is 1. The minimum atomic E-state index is -0.605. The quantitative estimate of drug-likeness (QED) is 0.405. The first kappa shape index (κ1) is 19.4. The van der Waals surface area contributed by atoms with Gasteiger partial charge in [0.1, 0.15) is 12.2 Å². The molecule has 1 aromatic rings. The van der Waals surface area contributed by atoms with Crippen LogP contribution in [0.4, 0.5) is 5.69 Å². The van der Waals surface area contributed by atoms with E-state index in [4.69, 9.17) is 18.9 Å². The zero-order valence-electron chi connectivity index (χ0n) is 17.0. The Balaban J connectivity index is 1.69. The second kappa shape index (κ2) is 6.27. The summed E-state index contributed by atoms with van der Waals surface area (Å²) in [6.07, 6.45) is 1.99. The molecule has 2 saturated heterocycles. The fourth-order valence-corrected chi connectivity index (χ4v) is 4.62. The molecule has 152 valence electrons. The lowest BCUT2D eigenvalue weighted by molar-refractivity contribution is -0.109. The molecule has 3 aliphatic heterocycles. The van der Waals surface area contributed by atoms with E-state index in [0.29, 0.717) is 18.6 Å². The first-order chi connectivity index (χ1) is 13.2. The molecule has 1 unspecified atom stereocenters. The third-order valence-electron chi connectivity index (χ3n) is 6.76. The van der Waals surface area contributed by atoms with Crippen LogP contribution in [-0.4, -0.2) is 56.1 Å². The van der Waals surface area contributed by atoms with Gasteiger partial charge in [-0.15, -0.1) is 0 Å². The summed E-state index contributed by atoms with van der Waals surface area (Å²) in [5.74, 6) is -0.410. The average Bonchev–Trinajstić information content (AvgIpc) is 3.55. The molecule has 7 nitrogen and oxygen atoms in total. The number of carbonyl (C=O) groups is 2. The molecule has 0 radical (unpaired) electrons. The molecule has 2 fully saturated rings. The van der Waals surface area contributed by atoms with Gasteiger partial charge in [-0.25, -0.2) is 4.79 Å². The highest BCUT2D eigenvalue weighted by molar-refractivity contribution is 5.92. The van der Waals surface area contributed by atoms with Crippen molar-refractivity contribution in [3.63, 3.8) is 0 Å². The zero-order valence-corrected chi connectivity index (χ0v) is 17.0. The minimum absolute atomic E-state index is 0.160. The largest absolute Gasteiger partial charge is 0.465 e. The fraction of sp³-hybridized carbons (Fsp3) is 0.619. The Labute approximate surface area is 164 Å². The number of methoxy groups -OCH3 is 2. The summed E-state index contributed by atoms with van der Waals surface area (Å²) < 4.78 is 22.3. The highest BCUT2D eigenvalue weighted by Gasteiger charge is 2.65. The van der Waals surface area contributed by atoms with E-state index in [0.717, 1.165) is 24.1 Å². The molecule has 3 aliphatic rings. The van der Waals surface area contributed by atoms with E-state index < -0.39 is 11.5 Å². The number of hydrogen-bond donors (Lipinski definition) is 0. The van der Waals surface area contributed by atoms with Gasteiger partial charge in [-0.3, -0.25) is 4.79 Å². The van der Waals surface area contributed by atoms with Crippen LogP contribution in [0.3, 0.4) is 0 Å². The van der Waals surface area contributed by atoms with Crippen LogP contribution < -0.4 is 4.90 Å². The zero-order chi connectivity index (χ0) is 20.3. The Morgan fingerprint density at radius 3 is 2.54 bits per heavy atom. The van der Waals surface area contributed by atoms with E-state index in [1.165, 1.54) is 7.11 Å². The van der Waals surface area contributed by atoms with Gasteiger partial charge in [-0.05, 0) is 51.8 Å². The van der Waals surface area contributed by atoms with Gasteiger partial charge in [-0.1, -0.05) is 0 Å². The molecule has 0 saturated carbocycles. The second-order valence-corrected chi connectivity index (χ2v) is 8.60. The summed E-state index contributed by atoms with van der Waals surface area (Å²) in [7, 11) is 2.98. The first-order valence-corrected chi connectivity index (χ1v) is 9.54. The van der Waals surface area contributed by atoms with Crippen molar-refractivity contribution in [2.75, 3.05) is 25.7 Å². The summed E-state index contributed by atoms with van der Waals surface area (Å²) in [6, 6.07) is 5.22. The average molecular weight is 389 g/mol. The van der Waals surface area contributed by atoms with Crippen LogP contribution >= 0.6 is 0 Å². The van der Waals surface area contributed by atoms with Crippen molar-refractivity contribution in [1.29, 1.82) is 0 Å². The van der Waals surface area contributed by atoms with Crippen LogP contribution in [0.5, 0.6) is 0 Å². The Kier molecular flexibility index (Phi) is 4.34. The van der Waals surface area contributed by atoms with Gasteiger partial charge in [0.25, 0.3) is 0 Å². The molecule has 1 amide bonds. The molecule has 7 heteroatoms. The topological polar surface area (TPSA) is 80.9 Å². The van der Waals surface area contributed by atoms with Gasteiger partial charge in [0.05, 0.1) is 41.7 Å². The van der Waals surface area contributed by atoms with Crippen molar-refractivity contribution in [1.82, 2.24) is 0 Å². The molecule has 0 spiro atoms. The van der Waals surface area contributed by atoms with Gasteiger partial charge >= 0.3 is 5.97 Å². The molecule has 4 rings (SSSR count). The predicted molar refractivity (Wildman–Crippen MR) is 101 cm³/mol. The summed E-state index contributed by atoms with van der Waals surface area (Å²) >= 11 is 0. The van der Waals surface area contributed by atoms with Crippen molar-refractivity contribution in [3.8, 4) is 0 Å². The van der Waals surface area contributed by atoms with E-state index in [2.05, 4.69) is 20.8 Å². The van der Waals surface area contributed by atoms with Gasteiger partial charge in [0.2, 0.25) is 6.41 Å². The summed E-state index contributed by atoms with van der Waals surface area (Å²) in [4.78, 5) is 25.8. The maximum atomic E-state index is 12.2. The van der Waals surface area contributed by atoms with Crippen molar-refractivity contribution in [2.24, 2.45) is 0 Å². The molecular formula is C21H27NO6. The number of nitrogens with zero attached hydrogens (tertiary/aromatic N) is 1. The van der Waals surface area contributed by atoms with Gasteiger partial charge in [0, 0.05) is 12.7 Å². The smallest absolute Gasteiger partial charge is 0.337 e. The van der Waals surface area contributed by atoms with Gasteiger partial charge < -0.3 is 23.8 Å². The molecule has 0 aliphatic carbocycles. The highest BCUT2D eigenvalue weighted by Crippen LogP contribution is 2.59. The van der Waals surface area contributed by atoms with Gasteiger partial charge in [0.15, 0.2) is 0 Å². The summed E-state index contributed by atoms with van der Waals surface area (Å²) in [5.41, 5.74) is 1.04. The molecule has 0 bridgehead atoms. The van der Waals surface area contributed by atoms with Gasteiger partial charge in [-0.2, -0.15) is 0 Å². The minimum Gasteiger partial charge on any atom is -0.465 e. The second-order valence-electron chi connectivity index (χ2n) is 8.60. The van der Waals surface area contributed by atoms with Crippen LogP contribution in [0.25, 0.3) is 0 Å². The number of fused-ring (bicyclic) bond motifs is 3. The molecular weight excluding hydrogens is 362 g/mol. The number of amides is 1. The Morgan fingerprint density at radius 1 is 1.25 bits per heavy atom. The molecule has 3 heterocycles. The Hall–Kier alpha value is -1.96. The fourth-order valence-electron chi connectivity index (χ4n) is 4.62. The lowest BCUT2D eigenvalue weighted by Crippen LogP contribution is -2.58. The highest BCUT2D eigenvalue weighted by atomic mass is 16.6. The monoisotopic (exact) mass is 389 g/mol. The Morgan fingerprint density at radius 2 is 1.96 bits per heavy atom. The summed E-state index contributed by atoms with van der Waals surface area (Å²) in [6.45, 7) is 6.62. The van der Waals surface area contributed by atoms with Crippen LogP contribution in [-0.2, 0) is 23.7 Å². The first-order valence-electron chi connectivity index (χ1n) is 9.54. The normalized spacial score (nSPS) is 34.2. The van der Waals surface area contributed by atoms with Crippen molar-refractivity contribution in [2.45, 2.75) is 62.6 Å². The number of carbonyl (C=O) groups excluding carboxylic acids is 2. The van der Waals surface area contributed by atoms with Crippen LogP contribution in [0, 0.1) is 0 Å². The van der Waals surface area contributed by atoms with Crippen LogP contribution in [0.15, 0.2) is 18.2 Å². The van der Waals surface area contributed by atoms with E-state index in [1.807, 2.05) is 0 Å². The predicted octanol–water partition coefficient (Wildman–Crippen LogP) is 2.62. The van der Waals surface area contributed by atoms with Crippen molar-refractivity contribution in [3.05, 3.63) is 29.3 Å². The maximum Gasteiger partial charge on any atom is 0.337 e. The summed E-state index contributed by atoms with van der Waals surface area (Å²) in [5, 5.41) is 0. The van der Waals surface area contributed by atoms with E-state index in [1.54, 1.807) is 30.2 Å². The maximum absolute atomic E-state index is 12.2. The van der Waals surface area contributed by atoms with E-state index in [9.17, 15) is 9.59 Å². The number of ether oxygens (including phenoxy) is 4. The molecule has 0 N–H and O–H groups in total. The third kappa shape index (κ3) is 2.68. The number of hydrogen-bond acceptors (Lipinski definition) is 6. The third-order valence-corrected chi connectivity index (χ3v) is 6.76. The molecule has 0 aromatic heterocycles. The number of esters is 1. The number of epoxide rings is 2. The van der Waals surface area contributed by atoms with Crippen molar-refractivity contribution >= 4 is 18.1 Å². The van der Waals surface area contributed by atoms with Crippen molar-refractivity contribution < 1.29 is 28.5 Å². The lowest BCUT2D eigenvalue weighted by Gasteiger charge is -2.44.